The molecule has 1 aliphatic heterocycles. The first-order chi connectivity index (χ1) is 13.5. The van der Waals surface area contributed by atoms with Crippen LogP contribution in [0.25, 0.3) is 0 Å². The topological polar surface area (TPSA) is 102 Å². The molecule has 0 spiro atoms. The molecule has 1 fully saturated rings. The van der Waals surface area contributed by atoms with Gasteiger partial charge in [0.2, 0.25) is 0 Å². The number of nitro groups is 1. The number of nitro benzene ring substituents is 1. The molecule has 3 rings (SSSR count). The maximum atomic E-state index is 12.8. The Morgan fingerprint density at radius 1 is 1.14 bits per heavy atom. The van der Waals surface area contributed by atoms with Crippen LogP contribution in [-0.2, 0) is 6.54 Å². The van der Waals surface area contributed by atoms with Crippen LogP contribution in [0.2, 0.25) is 0 Å². The Labute approximate surface area is 162 Å². The lowest BCUT2D eigenvalue weighted by atomic mass is 10.2. The van der Waals surface area contributed by atoms with E-state index in [0.717, 1.165) is 12.8 Å². The maximum absolute atomic E-state index is 12.8. The van der Waals surface area contributed by atoms with E-state index in [1.54, 1.807) is 23.1 Å². The smallest absolute Gasteiger partial charge is 0.292 e. The molecule has 1 amide bonds. The van der Waals surface area contributed by atoms with E-state index < -0.39 is 4.92 Å². The van der Waals surface area contributed by atoms with Crippen molar-refractivity contribution in [2.75, 3.05) is 31.1 Å². The van der Waals surface area contributed by atoms with E-state index in [1.807, 2.05) is 11.8 Å². The van der Waals surface area contributed by atoms with Gasteiger partial charge < -0.3 is 9.80 Å². The van der Waals surface area contributed by atoms with Crippen molar-refractivity contribution in [2.45, 2.75) is 26.3 Å². The lowest BCUT2D eigenvalue weighted by Crippen LogP contribution is -2.49. The van der Waals surface area contributed by atoms with Crippen LogP contribution in [0, 0.1) is 10.1 Å². The van der Waals surface area contributed by atoms with Crippen molar-refractivity contribution in [3.63, 3.8) is 0 Å². The summed E-state index contributed by atoms with van der Waals surface area (Å²) in [5.41, 5.74) is 0.652. The van der Waals surface area contributed by atoms with E-state index in [1.165, 1.54) is 22.9 Å². The van der Waals surface area contributed by atoms with Gasteiger partial charge in [0.15, 0.2) is 0 Å². The first kappa shape index (κ1) is 19.5. The first-order valence-corrected chi connectivity index (χ1v) is 9.37. The van der Waals surface area contributed by atoms with Gasteiger partial charge in [0.1, 0.15) is 11.4 Å². The SMILES string of the molecule is CCCCn1nc(C(=O)N2CCN(c3ccccc3[N+](=O)[O-])CC2)ccc1=O. The van der Waals surface area contributed by atoms with Crippen molar-refractivity contribution in [1.82, 2.24) is 14.7 Å². The summed E-state index contributed by atoms with van der Waals surface area (Å²) in [7, 11) is 0. The molecule has 148 valence electrons. The molecule has 1 aliphatic rings. The second-order valence-corrected chi connectivity index (χ2v) is 6.66. The van der Waals surface area contributed by atoms with Gasteiger partial charge in [-0.15, -0.1) is 0 Å². The predicted molar refractivity (Wildman–Crippen MR) is 105 cm³/mol. The highest BCUT2D eigenvalue weighted by Gasteiger charge is 2.26. The number of amides is 1. The molecule has 1 saturated heterocycles. The zero-order valence-corrected chi connectivity index (χ0v) is 15.8. The number of nitrogens with zero attached hydrogens (tertiary/aromatic N) is 5. The average molecular weight is 385 g/mol. The van der Waals surface area contributed by atoms with Crippen molar-refractivity contribution in [1.29, 1.82) is 0 Å². The summed E-state index contributed by atoms with van der Waals surface area (Å²) in [6.45, 7) is 4.36. The minimum Gasteiger partial charge on any atom is -0.362 e. The number of benzene rings is 1. The van der Waals surface area contributed by atoms with E-state index >= 15 is 0 Å². The Kier molecular flexibility index (Phi) is 6.03. The van der Waals surface area contributed by atoms with Gasteiger partial charge in [-0.1, -0.05) is 25.5 Å². The van der Waals surface area contributed by atoms with Crippen molar-refractivity contribution in [3.8, 4) is 0 Å². The molecule has 0 radical (unpaired) electrons. The zero-order chi connectivity index (χ0) is 20.1. The minimum absolute atomic E-state index is 0.0620. The normalized spacial score (nSPS) is 14.2. The largest absolute Gasteiger partial charge is 0.362 e. The van der Waals surface area contributed by atoms with E-state index in [9.17, 15) is 19.7 Å². The number of rotatable bonds is 6. The van der Waals surface area contributed by atoms with Crippen molar-refractivity contribution in [3.05, 3.63) is 62.6 Å². The zero-order valence-electron chi connectivity index (χ0n) is 15.8. The van der Waals surface area contributed by atoms with Crippen LogP contribution in [0.3, 0.4) is 0 Å². The monoisotopic (exact) mass is 385 g/mol. The highest BCUT2D eigenvalue weighted by molar-refractivity contribution is 5.92. The number of carbonyl (C=O) groups is 1. The Hall–Kier alpha value is -3.23. The molecule has 2 aromatic rings. The summed E-state index contributed by atoms with van der Waals surface area (Å²) >= 11 is 0. The molecule has 9 heteroatoms. The van der Waals surface area contributed by atoms with Crippen LogP contribution in [0.4, 0.5) is 11.4 Å². The summed E-state index contributed by atoms with van der Waals surface area (Å²) in [6, 6.07) is 9.45. The Morgan fingerprint density at radius 2 is 1.86 bits per heavy atom. The molecule has 1 aromatic carbocycles. The Morgan fingerprint density at radius 3 is 2.54 bits per heavy atom. The summed E-state index contributed by atoms with van der Waals surface area (Å²) in [6.07, 6.45) is 1.75. The molecule has 0 N–H and O–H groups in total. The average Bonchev–Trinajstić information content (AvgIpc) is 2.72. The minimum atomic E-state index is -0.393. The van der Waals surface area contributed by atoms with Crippen molar-refractivity contribution >= 4 is 17.3 Å². The highest BCUT2D eigenvalue weighted by Crippen LogP contribution is 2.28. The molecular weight excluding hydrogens is 362 g/mol. The van der Waals surface area contributed by atoms with Gasteiger partial charge in [0.25, 0.3) is 17.2 Å². The third-order valence-electron chi connectivity index (χ3n) is 4.80. The highest BCUT2D eigenvalue weighted by atomic mass is 16.6. The van der Waals surface area contributed by atoms with Crippen LogP contribution in [0.15, 0.2) is 41.2 Å². The maximum Gasteiger partial charge on any atom is 0.292 e. The number of unbranched alkanes of at least 4 members (excludes halogenated alkanes) is 1. The molecule has 0 saturated carbocycles. The lowest BCUT2D eigenvalue weighted by molar-refractivity contribution is -0.384. The predicted octanol–water partition coefficient (Wildman–Crippen LogP) is 1.91. The fourth-order valence-electron chi connectivity index (χ4n) is 3.23. The van der Waals surface area contributed by atoms with Crippen molar-refractivity contribution in [2.24, 2.45) is 0 Å². The van der Waals surface area contributed by atoms with E-state index in [-0.39, 0.29) is 22.8 Å². The molecule has 0 aliphatic carbocycles. The van der Waals surface area contributed by atoms with Crippen molar-refractivity contribution < 1.29 is 9.72 Å². The number of hydrogen-bond acceptors (Lipinski definition) is 6. The molecule has 0 bridgehead atoms. The summed E-state index contributed by atoms with van der Waals surface area (Å²) in [5.74, 6) is -0.229. The molecule has 1 aromatic heterocycles. The van der Waals surface area contributed by atoms with Crippen LogP contribution in [0.5, 0.6) is 0 Å². The summed E-state index contributed by atoms with van der Waals surface area (Å²) < 4.78 is 1.33. The third-order valence-corrected chi connectivity index (χ3v) is 4.80. The number of hydrogen-bond donors (Lipinski definition) is 0. The van der Waals surface area contributed by atoms with Crippen LogP contribution < -0.4 is 10.5 Å². The molecule has 0 atom stereocenters. The van der Waals surface area contributed by atoms with Crippen LogP contribution in [0.1, 0.15) is 30.3 Å². The number of anilines is 1. The molecule has 28 heavy (non-hydrogen) atoms. The molecule has 0 unspecified atom stereocenters. The third kappa shape index (κ3) is 4.19. The number of aromatic nitrogens is 2. The number of para-hydroxylation sites is 2. The fraction of sp³-hybridized carbons (Fsp3) is 0.421. The van der Waals surface area contributed by atoms with Gasteiger partial charge in [-0.05, 0) is 18.6 Å². The van der Waals surface area contributed by atoms with Crippen LogP contribution >= 0.6 is 0 Å². The summed E-state index contributed by atoms with van der Waals surface area (Å²) in [4.78, 5) is 39.1. The molecular formula is C19H23N5O4. The van der Waals surface area contributed by atoms with Gasteiger partial charge in [0, 0.05) is 44.9 Å². The second kappa shape index (κ2) is 8.64. The quantitative estimate of drug-likeness (QED) is 0.556. The molecule has 2 heterocycles. The van der Waals surface area contributed by atoms with Gasteiger partial charge in [-0.25, -0.2) is 4.68 Å². The number of aryl methyl sites for hydroxylation is 1. The van der Waals surface area contributed by atoms with Gasteiger partial charge >= 0.3 is 0 Å². The number of carbonyl (C=O) groups excluding carboxylic acids is 1. The van der Waals surface area contributed by atoms with Gasteiger partial charge in [-0.3, -0.25) is 19.7 Å². The molecule has 9 nitrogen and oxygen atoms in total. The standard InChI is InChI=1S/C19H23N5O4/c1-2-3-10-23-18(25)9-8-15(20-23)19(26)22-13-11-21(12-14-22)16-6-4-5-7-17(16)24(27)28/h4-9H,2-3,10-14H2,1H3. The fourth-order valence-corrected chi connectivity index (χ4v) is 3.23. The lowest BCUT2D eigenvalue weighted by Gasteiger charge is -2.35. The van der Waals surface area contributed by atoms with E-state index in [4.69, 9.17) is 0 Å². The Bertz CT molecular complexity index is 919. The number of piperazine rings is 1. The first-order valence-electron chi connectivity index (χ1n) is 9.37. The van der Waals surface area contributed by atoms with E-state index in [2.05, 4.69) is 5.10 Å². The van der Waals surface area contributed by atoms with Crippen LogP contribution in [-0.4, -0.2) is 51.7 Å². The van der Waals surface area contributed by atoms with E-state index in [0.29, 0.717) is 38.4 Å². The Balaban J connectivity index is 1.69. The van der Waals surface area contributed by atoms with Gasteiger partial charge in [0.05, 0.1) is 4.92 Å². The summed E-state index contributed by atoms with van der Waals surface area (Å²) in [5, 5.41) is 15.4. The second-order valence-electron chi connectivity index (χ2n) is 6.66. The van der Waals surface area contributed by atoms with Gasteiger partial charge in [-0.2, -0.15) is 5.10 Å².